The first kappa shape index (κ1) is 24.6. The maximum Gasteiger partial charge on any atom is 0.323 e. The minimum absolute atomic E-state index is 0.0688. The van der Waals surface area contributed by atoms with Crippen molar-refractivity contribution < 1.29 is 28.0 Å². The van der Waals surface area contributed by atoms with Crippen molar-refractivity contribution in [1.29, 1.82) is 0 Å². The van der Waals surface area contributed by atoms with E-state index >= 15 is 0 Å². The van der Waals surface area contributed by atoms with E-state index in [1.165, 1.54) is 24.3 Å². The Balaban J connectivity index is 1.36. The number of anilines is 1. The molecule has 1 aromatic heterocycles. The zero-order valence-corrected chi connectivity index (χ0v) is 19.7. The lowest BCUT2D eigenvalue weighted by molar-refractivity contribution is -0.139. The van der Waals surface area contributed by atoms with Gasteiger partial charge in [0.25, 0.3) is 0 Å². The minimum Gasteiger partial charge on any atom is -0.480 e. The van der Waals surface area contributed by atoms with Crippen LogP contribution in [-0.2, 0) is 24.4 Å². The van der Waals surface area contributed by atoms with Crippen LogP contribution in [0.1, 0.15) is 25.7 Å². The molecule has 2 aliphatic rings. The number of amides is 1. The highest BCUT2D eigenvalue weighted by atomic mass is 32.2. The van der Waals surface area contributed by atoms with Crippen molar-refractivity contribution in [3.63, 3.8) is 0 Å². The normalized spacial score (nSPS) is 22.3. The smallest absolute Gasteiger partial charge is 0.323 e. The van der Waals surface area contributed by atoms with Crippen LogP contribution >= 0.6 is 0 Å². The molecule has 2 unspecified atom stereocenters. The van der Waals surface area contributed by atoms with Crippen molar-refractivity contribution in [3.05, 3.63) is 54.7 Å². The fraction of sp³-hybridized carbons (Fsp3) is 0.391. The fourth-order valence-electron chi connectivity index (χ4n) is 4.41. The molecule has 1 aliphatic heterocycles. The lowest BCUT2D eigenvalue weighted by Gasteiger charge is -2.24. The van der Waals surface area contributed by atoms with Crippen LogP contribution in [-0.4, -0.2) is 66.4 Å². The number of amidine groups is 1. The molecule has 35 heavy (non-hydrogen) atoms. The first-order valence-electron chi connectivity index (χ1n) is 11.2. The first-order chi connectivity index (χ1) is 16.8. The molecule has 1 saturated carbocycles. The Morgan fingerprint density at radius 3 is 2.71 bits per heavy atom. The number of benzene rings is 1. The maximum atomic E-state index is 12.6. The summed E-state index contributed by atoms with van der Waals surface area (Å²) in [6.45, 7) is 0.297. The third-order valence-corrected chi connectivity index (χ3v) is 7.71. The summed E-state index contributed by atoms with van der Waals surface area (Å²) in [7, 11) is -4.10. The number of rotatable bonds is 10. The Morgan fingerprint density at radius 1 is 1.26 bits per heavy atom. The molecular formula is C23H27N5O6S. The van der Waals surface area contributed by atoms with Gasteiger partial charge in [0.05, 0.1) is 17.9 Å². The number of aliphatic carboxylic acids is 1. The SMILES string of the molecule is O=CN(CC(NS(=O)(=O)c1ccccc1)C(=O)O)C1=NO[C@]2(CCC(CNc3ccccn3)C2)C1. The number of carboxylic acid groups (broad SMARTS) is 1. The third-order valence-electron chi connectivity index (χ3n) is 6.22. The van der Waals surface area contributed by atoms with Gasteiger partial charge in [0, 0.05) is 12.7 Å². The quantitative estimate of drug-likeness (QED) is 0.416. The summed E-state index contributed by atoms with van der Waals surface area (Å²) in [5.74, 6) is -0.0150. The predicted molar refractivity (Wildman–Crippen MR) is 127 cm³/mol. The average Bonchev–Trinajstić information content (AvgIpc) is 3.47. The molecular weight excluding hydrogens is 474 g/mol. The second kappa shape index (κ2) is 10.4. The van der Waals surface area contributed by atoms with Gasteiger partial charge < -0.3 is 15.3 Å². The predicted octanol–water partition coefficient (Wildman–Crippen LogP) is 1.66. The van der Waals surface area contributed by atoms with Gasteiger partial charge in [-0.1, -0.05) is 29.4 Å². The van der Waals surface area contributed by atoms with Gasteiger partial charge in [0.1, 0.15) is 17.5 Å². The molecule has 1 aromatic carbocycles. The van der Waals surface area contributed by atoms with Crippen molar-refractivity contribution >= 4 is 34.1 Å². The highest BCUT2D eigenvalue weighted by Crippen LogP contribution is 2.43. The molecule has 0 saturated heterocycles. The second-order valence-corrected chi connectivity index (χ2v) is 10.5. The Labute approximate surface area is 203 Å². The summed E-state index contributed by atoms with van der Waals surface area (Å²) in [6, 6.07) is 11.5. The number of carbonyl (C=O) groups excluding carboxylic acids is 1. The van der Waals surface area contributed by atoms with E-state index in [4.69, 9.17) is 4.84 Å². The van der Waals surface area contributed by atoms with Crippen molar-refractivity contribution in [2.45, 2.75) is 42.2 Å². The van der Waals surface area contributed by atoms with Crippen LogP contribution < -0.4 is 10.0 Å². The lowest BCUT2D eigenvalue weighted by atomic mass is 9.95. The molecule has 0 bridgehead atoms. The molecule has 11 nitrogen and oxygen atoms in total. The van der Waals surface area contributed by atoms with Gasteiger partial charge in [-0.2, -0.15) is 4.72 Å². The molecule has 2 aromatic rings. The fourth-order valence-corrected chi connectivity index (χ4v) is 5.62. The van der Waals surface area contributed by atoms with Gasteiger partial charge in [0.2, 0.25) is 16.4 Å². The zero-order chi connectivity index (χ0) is 24.9. The van der Waals surface area contributed by atoms with Crippen LogP contribution in [0.4, 0.5) is 5.82 Å². The number of sulfonamides is 1. The molecule has 1 amide bonds. The van der Waals surface area contributed by atoms with E-state index in [9.17, 15) is 23.1 Å². The van der Waals surface area contributed by atoms with Crippen LogP contribution in [0, 0.1) is 5.92 Å². The molecule has 3 atom stereocenters. The third kappa shape index (κ3) is 5.95. The summed E-state index contributed by atoms with van der Waals surface area (Å²) in [5, 5.41) is 17.0. The van der Waals surface area contributed by atoms with Crippen LogP contribution in [0.2, 0.25) is 0 Å². The van der Waals surface area contributed by atoms with Crippen LogP contribution in [0.3, 0.4) is 0 Å². The van der Waals surface area contributed by atoms with E-state index in [1.54, 1.807) is 12.3 Å². The van der Waals surface area contributed by atoms with Crippen molar-refractivity contribution in [2.24, 2.45) is 11.1 Å². The average molecular weight is 502 g/mol. The summed E-state index contributed by atoms with van der Waals surface area (Å²) in [5.41, 5.74) is -0.560. The Hall–Kier alpha value is -3.51. The number of hydrogen-bond acceptors (Lipinski definition) is 8. The molecule has 12 heteroatoms. The molecule has 1 spiro atoms. The van der Waals surface area contributed by atoms with Crippen LogP contribution in [0.25, 0.3) is 0 Å². The standard InChI is InChI=1S/C23H27N5O6S/c29-16-28(15-19(22(30)31)27-35(32,33)18-6-2-1-3-7-18)21-13-23(34-26-21)10-9-17(12-23)14-25-20-8-4-5-11-24-20/h1-8,11,16-17,19,27H,9-10,12-15H2,(H,24,25)(H,30,31)/t17?,19?,23-/m0/s1. The molecule has 2 heterocycles. The molecule has 4 rings (SSSR count). The lowest BCUT2D eigenvalue weighted by Crippen LogP contribution is -2.49. The maximum absolute atomic E-state index is 12.6. The highest BCUT2D eigenvalue weighted by Gasteiger charge is 2.47. The Bertz CT molecular complexity index is 1180. The van der Waals surface area contributed by atoms with Crippen molar-refractivity contribution in [3.8, 4) is 0 Å². The monoisotopic (exact) mass is 501 g/mol. The number of aromatic nitrogens is 1. The summed E-state index contributed by atoms with van der Waals surface area (Å²) < 4.78 is 27.4. The van der Waals surface area contributed by atoms with E-state index in [0.717, 1.165) is 36.5 Å². The van der Waals surface area contributed by atoms with E-state index < -0.39 is 34.2 Å². The molecule has 3 N–H and O–H groups in total. The minimum atomic E-state index is -4.10. The number of oxime groups is 1. The topological polar surface area (TPSA) is 150 Å². The van der Waals surface area contributed by atoms with Gasteiger partial charge in [-0.25, -0.2) is 13.4 Å². The van der Waals surface area contributed by atoms with E-state index in [-0.39, 0.29) is 10.7 Å². The van der Waals surface area contributed by atoms with E-state index in [1.807, 2.05) is 18.2 Å². The van der Waals surface area contributed by atoms with E-state index in [2.05, 4.69) is 20.2 Å². The summed E-state index contributed by atoms with van der Waals surface area (Å²) in [6.07, 6.45) is 4.86. The molecule has 1 aliphatic carbocycles. The van der Waals surface area contributed by atoms with Crippen LogP contribution in [0.15, 0.2) is 64.8 Å². The zero-order valence-electron chi connectivity index (χ0n) is 18.9. The Morgan fingerprint density at radius 2 is 2.03 bits per heavy atom. The number of pyridine rings is 1. The molecule has 0 radical (unpaired) electrons. The van der Waals surface area contributed by atoms with Gasteiger partial charge >= 0.3 is 5.97 Å². The largest absolute Gasteiger partial charge is 0.480 e. The van der Waals surface area contributed by atoms with Gasteiger partial charge in [-0.3, -0.25) is 14.5 Å². The van der Waals surface area contributed by atoms with Crippen LogP contribution in [0.5, 0.6) is 0 Å². The number of nitrogens with zero attached hydrogens (tertiary/aromatic N) is 3. The second-order valence-electron chi connectivity index (χ2n) is 8.75. The van der Waals surface area contributed by atoms with Gasteiger partial charge in [0.15, 0.2) is 5.84 Å². The van der Waals surface area contributed by atoms with Gasteiger partial charge in [-0.05, 0) is 49.4 Å². The number of carbonyl (C=O) groups is 2. The Kier molecular flexibility index (Phi) is 7.31. The summed E-state index contributed by atoms with van der Waals surface area (Å²) >= 11 is 0. The number of nitrogens with one attached hydrogen (secondary N) is 2. The highest BCUT2D eigenvalue weighted by molar-refractivity contribution is 7.89. The van der Waals surface area contributed by atoms with E-state index in [0.29, 0.717) is 18.7 Å². The van der Waals surface area contributed by atoms with Crippen molar-refractivity contribution in [2.75, 3.05) is 18.4 Å². The van der Waals surface area contributed by atoms with Gasteiger partial charge in [-0.15, -0.1) is 0 Å². The number of hydrogen-bond donors (Lipinski definition) is 3. The molecule has 186 valence electrons. The van der Waals surface area contributed by atoms with Crippen molar-refractivity contribution in [1.82, 2.24) is 14.6 Å². The first-order valence-corrected chi connectivity index (χ1v) is 12.7. The summed E-state index contributed by atoms with van der Waals surface area (Å²) in [4.78, 5) is 34.7. The number of carboxylic acids is 1. The molecule has 1 fully saturated rings.